The summed E-state index contributed by atoms with van der Waals surface area (Å²) in [6.45, 7) is 2.49. The van der Waals surface area contributed by atoms with Gasteiger partial charge >= 0.3 is 0 Å². The fraction of sp³-hybridized carbons (Fsp3) is 0.333. The van der Waals surface area contributed by atoms with Crippen LogP contribution in [0.15, 0.2) is 23.8 Å². The van der Waals surface area contributed by atoms with Crippen molar-refractivity contribution in [3.8, 4) is 17.6 Å². The van der Waals surface area contributed by atoms with Crippen molar-refractivity contribution in [2.75, 3.05) is 20.8 Å². The topological polar surface area (TPSA) is 71.4 Å². The smallest absolute Gasteiger partial charge is 0.261 e. The van der Waals surface area contributed by atoms with Crippen LogP contribution in [0.2, 0.25) is 0 Å². The average molecular weight is 274 g/mol. The van der Waals surface area contributed by atoms with Gasteiger partial charge in [0.15, 0.2) is 11.5 Å². The second-order valence-electron chi connectivity index (χ2n) is 4.04. The zero-order valence-electron chi connectivity index (χ0n) is 11.9. The molecule has 1 rings (SSSR count). The molecular weight excluding hydrogens is 256 g/mol. The van der Waals surface area contributed by atoms with E-state index < -0.39 is 0 Å². The maximum Gasteiger partial charge on any atom is 0.261 e. The fourth-order valence-electron chi connectivity index (χ4n) is 1.59. The Balaban J connectivity index is 3.01. The summed E-state index contributed by atoms with van der Waals surface area (Å²) < 4.78 is 10.3. The largest absolute Gasteiger partial charge is 0.493 e. The molecule has 0 unspecified atom stereocenters. The number of methoxy groups -OCH3 is 2. The van der Waals surface area contributed by atoms with E-state index in [9.17, 15) is 4.79 Å². The maximum atomic E-state index is 11.8. The van der Waals surface area contributed by atoms with Crippen LogP contribution >= 0.6 is 0 Å². The highest BCUT2D eigenvalue weighted by atomic mass is 16.5. The van der Waals surface area contributed by atoms with Crippen LogP contribution < -0.4 is 14.8 Å². The van der Waals surface area contributed by atoms with Crippen molar-refractivity contribution in [3.05, 3.63) is 29.3 Å². The van der Waals surface area contributed by atoms with Gasteiger partial charge in [-0.05, 0) is 30.2 Å². The maximum absolute atomic E-state index is 11.8. The molecule has 0 aliphatic heterocycles. The Labute approximate surface area is 118 Å². The lowest BCUT2D eigenvalue weighted by Crippen LogP contribution is -2.25. The summed E-state index contributed by atoms with van der Waals surface area (Å²) >= 11 is 0. The summed E-state index contributed by atoms with van der Waals surface area (Å²) in [6, 6.07) is 7.10. The van der Waals surface area contributed by atoms with Gasteiger partial charge in [0.1, 0.15) is 11.6 Å². The Kier molecular flexibility index (Phi) is 6.11. The molecule has 0 spiro atoms. The highest BCUT2D eigenvalue weighted by Crippen LogP contribution is 2.28. The van der Waals surface area contributed by atoms with Crippen LogP contribution in [0.25, 0.3) is 6.08 Å². The number of rotatable bonds is 6. The summed E-state index contributed by atoms with van der Waals surface area (Å²) in [5, 5.41) is 11.7. The molecule has 0 aromatic heterocycles. The third kappa shape index (κ3) is 4.02. The number of amides is 1. The summed E-state index contributed by atoms with van der Waals surface area (Å²) in [5.74, 6) is 0.773. The molecule has 5 nitrogen and oxygen atoms in total. The van der Waals surface area contributed by atoms with Crippen molar-refractivity contribution in [3.63, 3.8) is 0 Å². The molecule has 0 aliphatic carbocycles. The van der Waals surface area contributed by atoms with Gasteiger partial charge in [-0.15, -0.1) is 0 Å². The lowest BCUT2D eigenvalue weighted by atomic mass is 10.1. The SMILES string of the molecule is CCCNC(=O)/C(C#N)=C\c1ccc(OC)c(OC)c1. The third-order valence-electron chi connectivity index (χ3n) is 2.62. The molecule has 1 aromatic carbocycles. The monoisotopic (exact) mass is 274 g/mol. The zero-order valence-corrected chi connectivity index (χ0v) is 11.9. The van der Waals surface area contributed by atoms with Crippen LogP contribution in [-0.4, -0.2) is 26.7 Å². The molecule has 0 atom stereocenters. The number of benzene rings is 1. The Morgan fingerprint density at radius 2 is 2.05 bits per heavy atom. The van der Waals surface area contributed by atoms with Crippen molar-refractivity contribution < 1.29 is 14.3 Å². The Morgan fingerprint density at radius 3 is 2.60 bits per heavy atom. The molecule has 0 bridgehead atoms. The van der Waals surface area contributed by atoms with E-state index in [1.54, 1.807) is 25.3 Å². The third-order valence-corrected chi connectivity index (χ3v) is 2.62. The van der Waals surface area contributed by atoms with Gasteiger partial charge in [0.25, 0.3) is 5.91 Å². The van der Waals surface area contributed by atoms with Gasteiger partial charge in [-0.25, -0.2) is 0 Å². The predicted octanol–water partition coefficient (Wildman–Crippen LogP) is 2.14. The highest BCUT2D eigenvalue weighted by Gasteiger charge is 2.09. The summed E-state index contributed by atoms with van der Waals surface area (Å²) in [5.41, 5.74) is 0.761. The molecular formula is C15H18N2O3. The first-order valence-electron chi connectivity index (χ1n) is 6.28. The quantitative estimate of drug-likeness (QED) is 0.637. The Hall–Kier alpha value is -2.48. The van der Waals surface area contributed by atoms with E-state index in [0.29, 0.717) is 23.6 Å². The Morgan fingerprint density at radius 1 is 1.35 bits per heavy atom. The van der Waals surface area contributed by atoms with Gasteiger partial charge in [-0.3, -0.25) is 4.79 Å². The van der Waals surface area contributed by atoms with E-state index in [1.165, 1.54) is 13.2 Å². The molecule has 106 valence electrons. The molecule has 20 heavy (non-hydrogen) atoms. The van der Waals surface area contributed by atoms with Crippen LogP contribution in [0, 0.1) is 11.3 Å². The lowest BCUT2D eigenvalue weighted by Gasteiger charge is -2.08. The van der Waals surface area contributed by atoms with Crippen molar-refractivity contribution in [2.24, 2.45) is 0 Å². The Bertz CT molecular complexity index is 545. The van der Waals surface area contributed by atoms with E-state index >= 15 is 0 Å². The fourth-order valence-corrected chi connectivity index (χ4v) is 1.59. The van der Waals surface area contributed by atoms with Crippen molar-refractivity contribution in [2.45, 2.75) is 13.3 Å². The number of nitrogens with zero attached hydrogens (tertiary/aromatic N) is 1. The van der Waals surface area contributed by atoms with Crippen LogP contribution in [0.3, 0.4) is 0 Å². The van der Waals surface area contributed by atoms with Crippen molar-refractivity contribution >= 4 is 12.0 Å². The van der Waals surface area contributed by atoms with E-state index in [1.807, 2.05) is 13.0 Å². The molecule has 5 heteroatoms. The first-order valence-corrected chi connectivity index (χ1v) is 6.28. The molecule has 0 saturated carbocycles. The van der Waals surface area contributed by atoms with E-state index in [0.717, 1.165) is 6.42 Å². The molecule has 1 aromatic rings. The molecule has 0 aliphatic rings. The highest BCUT2D eigenvalue weighted by molar-refractivity contribution is 6.01. The summed E-state index contributed by atoms with van der Waals surface area (Å²) in [4.78, 5) is 11.8. The van der Waals surface area contributed by atoms with Gasteiger partial charge in [-0.2, -0.15) is 5.26 Å². The number of carbonyl (C=O) groups excluding carboxylic acids is 1. The van der Waals surface area contributed by atoms with Crippen LogP contribution in [0.5, 0.6) is 11.5 Å². The van der Waals surface area contributed by atoms with Crippen LogP contribution in [-0.2, 0) is 4.79 Å². The summed E-state index contributed by atoms with van der Waals surface area (Å²) in [7, 11) is 3.08. The number of carbonyl (C=O) groups is 1. The second kappa shape index (κ2) is 7.85. The van der Waals surface area contributed by atoms with E-state index in [4.69, 9.17) is 14.7 Å². The molecule has 0 saturated heterocycles. The normalized spacial score (nSPS) is 10.6. The first kappa shape index (κ1) is 15.6. The predicted molar refractivity (Wildman–Crippen MR) is 76.4 cm³/mol. The van der Waals surface area contributed by atoms with Crippen molar-refractivity contribution in [1.82, 2.24) is 5.32 Å². The minimum atomic E-state index is -0.371. The molecule has 1 amide bonds. The summed E-state index contributed by atoms with van der Waals surface area (Å²) in [6.07, 6.45) is 2.34. The number of hydrogen-bond donors (Lipinski definition) is 1. The average Bonchev–Trinajstić information content (AvgIpc) is 2.49. The van der Waals surface area contributed by atoms with Crippen molar-refractivity contribution in [1.29, 1.82) is 5.26 Å². The van der Waals surface area contributed by atoms with E-state index in [-0.39, 0.29) is 11.5 Å². The van der Waals surface area contributed by atoms with E-state index in [2.05, 4.69) is 5.32 Å². The van der Waals surface area contributed by atoms with Crippen LogP contribution in [0.1, 0.15) is 18.9 Å². The molecule has 0 fully saturated rings. The lowest BCUT2D eigenvalue weighted by molar-refractivity contribution is -0.117. The number of nitriles is 1. The van der Waals surface area contributed by atoms with Gasteiger partial charge in [-0.1, -0.05) is 13.0 Å². The van der Waals surface area contributed by atoms with Gasteiger partial charge in [0, 0.05) is 6.54 Å². The molecule has 0 radical (unpaired) electrons. The number of ether oxygens (including phenoxy) is 2. The van der Waals surface area contributed by atoms with Gasteiger partial charge < -0.3 is 14.8 Å². The zero-order chi connectivity index (χ0) is 15.0. The minimum absolute atomic E-state index is 0.0608. The van der Waals surface area contributed by atoms with Gasteiger partial charge in [0.2, 0.25) is 0 Å². The molecule has 0 heterocycles. The molecule has 1 N–H and O–H groups in total. The second-order valence-corrected chi connectivity index (χ2v) is 4.04. The number of nitrogens with one attached hydrogen (secondary N) is 1. The van der Waals surface area contributed by atoms with Gasteiger partial charge in [0.05, 0.1) is 14.2 Å². The number of hydrogen-bond acceptors (Lipinski definition) is 4. The van der Waals surface area contributed by atoms with Crippen LogP contribution in [0.4, 0.5) is 0 Å². The first-order chi connectivity index (χ1) is 9.65. The standard InChI is InChI=1S/C15H18N2O3/c1-4-7-17-15(18)12(10-16)8-11-5-6-13(19-2)14(9-11)20-3/h5-6,8-9H,4,7H2,1-3H3,(H,17,18)/b12-8-. The minimum Gasteiger partial charge on any atom is -0.493 e.